The van der Waals surface area contributed by atoms with E-state index in [4.69, 9.17) is 4.74 Å². The number of hydrogen-bond donors (Lipinski definition) is 2. The molecule has 1 aliphatic rings. The predicted molar refractivity (Wildman–Crippen MR) is 129 cm³/mol. The minimum Gasteiger partial charge on any atom is -0.408 e. The zero-order chi connectivity index (χ0) is 22.8. The number of imidazole rings is 1. The van der Waals surface area contributed by atoms with Crippen molar-refractivity contribution < 1.29 is 9.53 Å². The maximum absolute atomic E-state index is 12.6. The van der Waals surface area contributed by atoms with Gasteiger partial charge < -0.3 is 14.6 Å². The average molecular weight is 464 g/mol. The number of hydrogen-bond acceptors (Lipinski definition) is 8. The Kier molecular flexibility index (Phi) is 6.03. The molecule has 0 aliphatic carbocycles. The van der Waals surface area contributed by atoms with Crippen LogP contribution in [0, 0.1) is 6.92 Å². The second kappa shape index (κ2) is 9.26. The van der Waals surface area contributed by atoms with Gasteiger partial charge in [0.2, 0.25) is 5.95 Å². The maximum atomic E-state index is 12.6. The van der Waals surface area contributed by atoms with Crippen molar-refractivity contribution in [3.8, 4) is 16.9 Å². The molecule has 0 saturated carbocycles. The number of likely N-dealkylation sites (N-methyl/N-ethyl adjacent to an activating group) is 1. The van der Waals surface area contributed by atoms with Gasteiger partial charge in [-0.25, -0.2) is 14.8 Å². The summed E-state index contributed by atoms with van der Waals surface area (Å²) in [5.41, 5.74) is 5.40. The van der Waals surface area contributed by atoms with Crippen LogP contribution in [0.3, 0.4) is 0 Å². The lowest BCUT2D eigenvalue weighted by Gasteiger charge is -2.31. The number of carbonyl (C=O) groups excluding carboxylic acids is 1. The van der Waals surface area contributed by atoms with Crippen LogP contribution in [-0.2, 0) is 6.54 Å². The largest absolute Gasteiger partial charge is 0.419 e. The SMILES string of the molecule is Cc1cscc1-c1ccc(OC(=O)Nc2ncc(CN3CCN(C)CC3)[nH]2)c2nccnc12. The van der Waals surface area contributed by atoms with E-state index in [1.54, 1.807) is 36.0 Å². The van der Waals surface area contributed by atoms with Crippen LogP contribution in [0.4, 0.5) is 10.7 Å². The number of nitrogens with one attached hydrogen (secondary N) is 2. The summed E-state index contributed by atoms with van der Waals surface area (Å²) in [7, 11) is 2.13. The van der Waals surface area contributed by atoms with E-state index < -0.39 is 6.09 Å². The van der Waals surface area contributed by atoms with Crippen LogP contribution >= 0.6 is 11.3 Å². The van der Waals surface area contributed by atoms with E-state index in [2.05, 4.69) is 59.8 Å². The first-order chi connectivity index (χ1) is 16.1. The zero-order valence-electron chi connectivity index (χ0n) is 18.5. The van der Waals surface area contributed by atoms with Gasteiger partial charge in [0, 0.05) is 50.7 Å². The molecule has 4 aromatic rings. The Labute approximate surface area is 195 Å². The highest BCUT2D eigenvalue weighted by Crippen LogP contribution is 2.35. The molecule has 0 unspecified atom stereocenters. The van der Waals surface area contributed by atoms with E-state index in [9.17, 15) is 4.79 Å². The molecule has 170 valence electrons. The molecule has 3 aromatic heterocycles. The van der Waals surface area contributed by atoms with Crippen LogP contribution in [-0.4, -0.2) is 69.1 Å². The molecule has 0 atom stereocenters. The molecule has 1 saturated heterocycles. The topological polar surface area (TPSA) is 99.3 Å². The van der Waals surface area contributed by atoms with E-state index in [0.717, 1.165) is 49.5 Å². The molecule has 10 heteroatoms. The summed E-state index contributed by atoms with van der Waals surface area (Å²) in [5, 5.41) is 6.85. The molecule has 2 N–H and O–H groups in total. The molecule has 4 heterocycles. The number of aromatic nitrogens is 4. The normalized spacial score (nSPS) is 15.1. The van der Waals surface area contributed by atoms with E-state index >= 15 is 0 Å². The van der Waals surface area contributed by atoms with Crippen LogP contribution in [0.15, 0.2) is 41.5 Å². The third kappa shape index (κ3) is 4.72. The van der Waals surface area contributed by atoms with Crippen molar-refractivity contribution in [2.75, 3.05) is 38.5 Å². The number of aromatic amines is 1. The lowest BCUT2D eigenvalue weighted by atomic mass is 10.0. The summed E-state index contributed by atoms with van der Waals surface area (Å²) >= 11 is 1.64. The highest BCUT2D eigenvalue weighted by molar-refractivity contribution is 7.08. The fraction of sp³-hybridized carbons (Fsp3) is 0.304. The standard InChI is InChI=1S/C23H25N7O2S/c1-15-13-33-14-18(15)17-3-4-19(21-20(17)24-5-6-25-21)32-23(31)28-22-26-11-16(27-22)12-30-9-7-29(2)8-10-30/h3-6,11,13-14H,7-10,12H2,1-2H3,(H2,26,27,28,31). The first-order valence-electron chi connectivity index (χ1n) is 10.8. The summed E-state index contributed by atoms with van der Waals surface area (Å²) < 4.78 is 5.58. The van der Waals surface area contributed by atoms with Gasteiger partial charge in [0.15, 0.2) is 5.75 Å². The van der Waals surface area contributed by atoms with Crippen molar-refractivity contribution in [2.24, 2.45) is 0 Å². The fourth-order valence-corrected chi connectivity index (χ4v) is 4.79. The quantitative estimate of drug-likeness (QED) is 0.465. The van der Waals surface area contributed by atoms with E-state index in [1.807, 2.05) is 6.07 Å². The molecule has 5 rings (SSSR count). The number of H-pyrrole nitrogens is 1. The maximum Gasteiger partial charge on any atom is 0.419 e. The molecule has 1 amide bonds. The summed E-state index contributed by atoms with van der Waals surface area (Å²) in [5.74, 6) is 0.696. The number of piperazine rings is 1. The van der Waals surface area contributed by atoms with Gasteiger partial charge in [-0.15, -0.1) is 0 Å². The Bertz CT molecular complexity index is 1280. The number of thiophene rings is 1. The van der Waals surface area contributed by atoms with Gasteiger partial charge in [-0.3, -0.25) is 15.2 Å². The van der Waals surface area contributed by atoms with Gasteiger partial charge in [0.05, 0.1) is 11.9 Å². The van der Waals surface area contributed by atoms with Gasteiger partial charge in [-0.05, 0) is 48.0 Å². The van der Waals surface area contributed by atoms with Crippen molar-refractivity contribution in [3.05, 3.63) is 52.7 Å². The molecular formula is C23H25N7O2S. The zero-order valence-corrected chi connectivity index (χ0v) is 19.4. The van der Waals surface area contributed by atoms with Gasteiger partial charge in [-0.1, -0.05) is 0 Å². The number of aryl methyl sites for hydroxylation is 1. The first kappa shape index (κ1) is 21.5. The fourth-order valence-electron chi connectivity index (χ4n) is 3.94. The van der Waals surface area contributed by atoms with Crippen molar-refractivity contribution in [2.45, 2.75) is 13.5 Å². The highest BCUT2D eigenvalue weighted by atomic mass is 32.1. The lowest BCUT2D eigenvalue weighted by molar-refractivity contribution is 0.147. The van der Waals surface area contributed by atoms with Crippen LogP contribution in [0.5, 0.6) is 5.75 Å². The molecule has 0 bridgehead atoms. The summed E-state index contributed by atoms with van der Waals surface area (Å²) in [6, 6.07) is 3.67. The van der Waals surface area contributed by atoms with Gasteiger partial charge in [0.1, 0.15) is 11.0 Å². The van der Waals surface area contributed by atoms with Crippen molar-refractivity contribution in [1.29, 1.82) is 0 Å². The Hall–Kier alpha value is -3.34. The Morgan fingerprint density at radius 3 is 2.64 bits per heavy atom. The van der Waals surface area contributed by atoms with Gasteiger partial charge >= 0.3 is 6.09 Å². The Balaban J connectivity index is 1.28. The summed E-state index contributed by atoms with van der Waals surface area (Å²) in [4.78, 5) is 33.6. The number of benzene rings is 1. The van der Waals surface area contributed by atoms with E-state index in [1.165, 1.54) is 5.56 Å². The molecule has 33 heavy (non-hydrogen) atoms. The molecule has 0 radical (unpaired) electrons. The summed E-state index contributed by atoms with van der Waals surface area (Å²) in [6.45, 7) is 6.94. The lowest BCUT2D eigenvalue weighted by Crippen LogP contribution is -2.43. The molecule has 1 fully saturated rings. The second-order valence-corrected chi connectivity index (χ2v) is 8.93. The number of nitrogens with zero attached hydrogens (tertiary/aromatic N) is 5. The molecular weight excluding hydrogens is 438 g/mol. The smallest absolute Gasteiger partial charge is 0.408 e. The third-order valence-corrected chi connectivity index (χ3v) is 6.64. The molecule has 1 aliphatic heterocycles. The average Bonchev–Trinajstić information content (AvgIpc) is 3.44. The van der Waals surface area contributed by atoms with Gasteiger partial charge in [-0.2, -0.15) is 11.3 Å². The van der Waals surface area contributed by atoms with Crippen LogP contribution in [0.1, 0.15) is 11.3 Å². The number of fused-ring (bicyclic) bond motifs is 1. The number of rotatable bonds is 5. The number of amides is 1. The number of ether oxygens (including phenoxy) is 1. The van der Waals surface area contributed by atoms with E-state index in [0.29, 0.717) is 22.7 Å². The van der Waals surface area contributed by atoms with Crippen molar-refractivity contribution in [1.82, 2.24) is 29.7 Å². The third-order valence-electron chi connectivity index (χ3n) is 5.78. The van der Waals surface area contributed by atoms with Crippen molar-refractivity contribution >= 4 is 34.4 Å². The summed E-state index contributed by atoms with van der Waals surface area (Å²) in [6.07, 6.45) is 4.34. The van der Waals surface area contributed by atoms with Crippen LogP contribution in [0.25, 0.3) is 22.2 Å². The monoisotopic (exact) mass is 463 g/mol. The molecule has 9 nitrogen and oxygen atoms in total. The number of carbonyl (C=O) groups is 1. The van der Waals surface area contributed by atoms with Crippen molar-refractivity contribution in [3.63, 3.8) is 0 Å². The highest BCUT2D eigenvalue weighted by Gasteiger charge is 2.17. The van der Waals surface area contributed by atoms with Crippen LogP contribution in [0.2, 0.25) is 0 Å². The minimum absolute atomic E-state index is 0.344. The number of anilines is 1. The molecule has 0 spiro atoms. The second-order valence-electron chi connectivity index (χ2n) is 8.18. The minimum atomic E-state index is -0.637. The van der Waals surface area contributed by atoms with Crippen LogP contribution < -0.4 is 10.1 Å². The molecule has 1 aromatic carbocycles. The Morgan fingerprint density at radius 1 is 1.09 bits per heavy atom. The predicted octanol–water partition coefficient (Wildman–Crippen LogP) is 3.75. The first-order valence-corrected chi connectivity index (χ1v) is 11.7. The van der Waals surface area contributed by atoms with Gasteiger partial charge in [0.25, 0.3) is 0 Å². The Morgan fingerprint density at radius 2 is 1.88 bits per heavy atom. The van der Waals surface area contributed by atoms with E-state index in [-0.39, 0.29) is 0 Å².